The smallest absolute Gasteiger partial charge is 0.123 e. The number of phenols is 2. The molecule has 0 spiro atoms. The average Bonchev–Trinajstić information content (AvgIpc) is 2.34. The Morgan fingerprint density at radius 2 is 1.71 bits per heavy atom. The molecule has 2 aromatic carbocycles. The van der Waals surface area contributed by atoms with E-state index in [1.807, 2.05) is 31.2 Å². The van der Waals surface area contributed by atoms with Gasteiger partial charge in [0.2, 0.25) is 0 Å². The van der Waals surface area contributed by atoms with Crippen molar-refractivity contribution >= 4 is 0 Å². The SMILES string of the molecule is CCOc1ccc(-c2cc(O)ccc2O)cc1. The summed E-state index contributed by atoms with van der Waals surface area (Å²) in [6, 6.07) is 11.8. The van der Waals surface area contributed by atoms with Crippen molar-refractivity contribution in [2.45, 2.75) is 6.92 Å². The van der Waals surface area contributed by atoms with Crippen molar-refractivity contribution in [3.8, 4) is 28.4 Å². The van der Waals surface area contributed by atoms with Gasteiger partial charge in [-0.1, -0.05) is 12.1 Å². The molecule has 0 saturated heterocycles. The van der Waals surface area contributed by atoms with E-state index in [2.05, 4.69) is 0 Å². The zero-order valence-corrected chi connectivity index (χ0v) is 9.55. The van der Waals surface area contributed by atoms with E-state index in [1.165, 1.54) is 18.2 Å². The summed E-state index contributed by atoms with van der Waals surface area (Å²) in [4.78, 5) is 0. The van der Waals surface area contributed by atoms with E-state index in [9.17, 15) is 10.2 Å². The lowest BCUT2D eigenvalue weighted by atomic mass is 10.0. The van der Waals surface area contributed by atoms with Gasteiger partial charge in [-0.25, -0.2) is 0 Å². The zero-order valence-electron chi connectivity index (χ0n) is 9.55. The maximum absolute atomic E-state index is 9.72. The molecule has 0 aliphatic rings. The molecule has 0 atom stereocenters. The Balaban J connectivity index is 2.36. The summed E-state index contributed by atoms with van der Waals surface area (Å²) in [6.45, 7) is 2.55. The molecule has 0 unspecified atom stereocenters. The van der Waals surface area contributed by atoms with Crippen LogP contribution in [0, 0.1) is 0 Å². The quantitative estimate of drug-likeness (QED) is 0.796. The molecule has 0 aliphatic carbocycles. The first-order valence-corrected chi connectivity index (χ1v) is 5.46. The first-order valence-electron chi connectivity index (χ1n) is 5.46. The molecule has 0 heterocycles. The predicted molar refractivity (Wildman–Crippen MR) is 66.4 cm³/mol. The van der Waals surface area contributed by atoms with Crippen molar-refractivity contribution in [1.82, 2.24) is 0 Å². The Labute approximate surface area is 99.9 Å². The second kappa shape index (κ2) is 4.78. The summed E-state index contributed by atoms with van der Waals surface area (Å²) in [5.74, 6) is 1.06. The number of hydrogen-bond acceptors (Lipinski definition) is 3. The highest BCUT2D eigenvalue weighted by Crippen LogP contribution is 2.32. The fourth-order valence-corrected chi connectivity index (χ4v) is 1.65. The van der Waals surface area contributed by atoms with Crippen LogP contribution in [-0.2, 0) is 0 Å². The fourth-order valence-electron chi connectivity index (χ4n) is 1.65. The number of rotatable bonds is 3. The van der Waals surface area contributed by atoms with Gasteiger partial charge in [-0.2, -0.15) is 0 Å². The maximum atomic E-state index is 9.72. The molecule has 0 amide bonds. The highest BCUT2D eigenvalue weighted by molar-refractivity contribution is 5.71. The molecular formula is C14H14O3. The minimum atomic E-state index is 0.131. The van der Waals surface area contributed by atoms with Gasteiger partial charge in [0.15, 0.2) is 0 Å². The third kappa shape index (κ3) is 2.50. The van der Waals surface area contributed by atoms with E-state index in [4.69, 9.17) is 4.74 Å². The van der Waals surface area contributed by atoms with E-state index in [0.717, 1.165) is 11.3 Å². The van der Waals surface area contributed by atoms with Crippen molar-refractivity contribution in [1.29, 1.82) is 0 Å². The summed E-state index contributed by atoms with van der Waals surface area (Å²) < 4.78 is 5.34. The molecule has 0 saturated carbocycles. The van der Waals surface area contributed by atoms with Gasteiger partial charge in [-0.3, -0.25) is 0 Å². The minimum Gasteiger partial charge on any atom is -0.508 e. The van der Waals surface area contributed by atoms with Gasteiger partial charge in [0.25, 0.3) is 0 Å². The van der Waals surface area contributed by atoms with Crippen LogP contribution in [0.2, 0.25) is 0 Å². The van der Waals surface area contributed by atoms with Gasteiger partial charge < -0.3 is 14.9 Å². The zero-order chi connectivity index (χ0) is 12.3. The predicted octanol–water partition coefficient (Wildman–Crippen LogP) is 3.16. The van der Waals surface area contributed by atoms with Gasteiger partial charge in [0.05, 0.1) is 6.61 Å². The summed E-state index contributed by atoms with van der Waals surface area (Å²) in [6.07, 6.45) is 0. The highest BCUT2D eigenvalue weighted by atomic mass is 16.5. The lowest BCUT2D eigenvalue weighted by molar-refractivity contribution is 0.340. The van der Waals surface area contributed by atoms with Gasteiger partial charge in [0, 0.05) is 5.56 Å². The largest absolute Gasteiger partial charge is 0.508 e. The van der Waals surface area contributed by atoms with Gasteiger partial charge in [-0.05, 0) is 42.8 Å². The lowest BCUT2D eigenvalue weighted by Crippen LogP contribution is -1.90. The van der Waals surface area contributed by atoms with Crippen molar-refractivity contribution in [2.24, 2.45) is 0 Å². The minimum absolute atomic E-state index is 0.131. The third-order valence-electron chi connectivity index (χ3n) is 2.46. The highest BCUT2D eigenvalue weighted by Gasteiger charge is 2.05. The second-order valence-corrected chi connectivity index (χ2v) is 3.66. The van der Waals surface area contributed by atoms with E-state index < -0.39 is 0 Å². The fraction of sp³-hybridized carbons (Fsp3) is 0.143. The molecule has 0 aromatic heterocycles. The second-order valence-electron chi connectivity index (χ2n) is 3.66. The number of ether oxygens (including phenoxy) is 1. The van der Waals surface area contributed by atoms with Crippen LogP contribution in [0.1, 0.15) is 6.92 Å². The van der Waals surface area contributed by atoms with E-state index in [0.29, 0.717) is 12.2 Å². The van der Waals surface area contributed by atoms with Crippen molar-refractivity contribution in [3.05, 3.63) is 42.5 Å². The maximum Gasteiger partial charge on any atom is 0.123 e. The monoisotopic (exact) mass is 230 g/mol. The molecule has 0 fully saturated rings. The average molecular weight is 230 g/mol. The first kappa shape index (κ1) is 11.3. The molecule has 3 heteroatoms. The molecule has 2 rings (SSSR count). The number of aromatic hydroxyl groups is 2. The van der Waals surface area contributed by atoms with Crippen LogP contribution < -0.4 is 4.74 Å². The normalized spacial score (nSPS) is 10.2. The molecule has 2 aromatic rings. The van der Waals surface area contributed by atoms with Crippen LogP contribution in [0.3, 0.4) is 0 Å². The third-order valence-corrected chi connectivity index (χ3v) is 2.46. The molecule has 88 valence electrons. The van der Waals surface area contributed by atoms with Crippen LogP contribution >= 0.6 is 0 Å². The molecule has 0 aliphatic heterocycles. The summed E-state index contributed by atoms with van der Waals surface area (Å²) in [5.41, 5.74) is 1.44. The molecule has 0 radical (unpaired) electrons. The van der Waals surface area contributed by atoms with E-state index >= 15 is 0 Å². The summed E-state index contributed by atoms with van der Waals surface area (Å²) in [7, 11) is 0. The Kier molecular flexibility index (Phi) is 3.19. The van der Waals surface area contributed by atoms with Gasteiger partial charge in [0.1, 0.15) is 17.2 Å². The standard InChI is InChI=1S/C14H14O3/c1-2-17-12-6-3-10(4-7-12)13-9-11(15)5-8-14(13)16/h3-9,15-16H,2H2,1H3. The lowest BCUT2D eigenvalue weighted by Gasteiger charge is -2.07. The molecule has 17 heavy (non-hydrogen) atoms. The van der Waals surface area contributed by atoms with Crippen molar-refractivity contribution in [2.75, 3.05) is 6.61 Å². The molecular weight excluding hydrogens is 216 g/mol. The van der Waals surface area contributed by atoms with Crippen molar-refractivity contribution < 1.29 is 14.9 Å². The number of hydrogen-bond donors (Lipinski definition) is 2. The van der Waals surface area contributed by atoms with E-state index in [1.54, 1.807) is 0 Å². The Hall–Kier alpha value is -2.16. The van der Waals surface area contributed by atoms with Crippen LogP contribution in [0.4, 0.5) is 0 Å². The van der Waals surface area contributed by atoms with Gasteiger partial charge >= 0.3 is 0 Å². The van der Waals surface area contributed by atoms with Crippen LogP contribution in [-0.4, -0.2) is 16.8 Å². The number of phenolic OH excluding ortho intramolecular Hbond substituents is 2. The van der Waals surface area contributed by atoms with E-state index in [-0.39, 0.29) is 11.5 Å². The molecule has 3 nitrogen and oxygen atoms in total. The molecule has 0 bridgehead atoms. The number of benzene rings is 2. The Bertz CT molecular complexity index is 503. The van der Waals surface area contributed by atoms with Crippen molar-refractivity contribution in [3.63, 3.8) is 0 Å². The van der Waals surface area contributed by atoms with Crippen LogP contribution in [0.5, 0.6) is 17.2 Å². The Morgan fingerprint density at radius 3 is 2.35 bits per heavy atom. The Morgan fingerprint density at radius 1 is 1.00 bits per heavy atom. The summed E-state index contributed by atoms with van der Waals surface area (Å²) in [5, 5.41) is 19.1. The van der Waals surface area contributed by atoms with Gasteiger partial charge in [-0.15, -0.1) is 0 Å². The molecule has 2 N–H and O–H groups in total. The van der Waals surface area contributed by atoms with Crippen LogP contribution in [0.15, 0.2) is 42.5 Å². The van der Waals surface area contributed by atoms with Crippen LogP contribution in [0.25, 0.3) is 11.1 Å². The topological polar surface area (TPSA) is 49.7 Å². The first-order chi connectivity index (χ1) is 8.20. The summed E-state index contributed by atoms with van der Waals surface area (Å²) >= 11 is 0.